The van der Waals surface area contributed by atoms with Gasteiger partial charge >= 0.3 is 0 Å². The molecule has 2 heterocycles. The van der Waals surface area contributed by atoms with Crippen LogP contribution in [0, 0.1) is 5.92 Å². The highest BCUT2D eigenvalue weighted by Gasteiger charge is 2.28. The van der Waals surface area contributed by atoms with E-state index in [0.29, 0.717) is 0 Å². The van der Waals surface area contributed by atoms with Crippen molar-refractivity contribution in [2.24, 2.45) is 5.92 Å². The fraction of sp³-hybridized carbons (Fsp3) is 0.529. The molecular weight excluding hydrogens is 278 g/mol. The molecule has 0 aromatic heterocycles. The number of piperazine rings is 1. The van der Waals surface area contributed by atoms with Crippen LogP contribution in [0.1, 0.15) is 18.4 Å². The molecule has 1 aromatic rings. The Labute approximate surface area is 131 Å². The monoisotopic (exact) mass is 301 g/mol. The molecular formula is C17H23N3O2. The van der Waals surface area contributed by atoms with Gasteiger partial charge in [-0.3, -0.25) is 9.59 Å². The predicted octanol–water partition coefficient (Wildman–Crippen LogP) is 1.03. The Bertz CT molecular complexity index is 550. The lowest BCUT2D eigenvalue weighted by atomic mass is 9.91. The largest absolute Gasteiger partial charge is 0.335 e. The number of likely N-dealkylation sites (N-methyl/N-ethyl adjacent to an activating group) is 1. The first-order valence-corrected chi connectivity index (χ1v) is 7.97. The Hall–Kier alpha value is -1.88. The van der Waals surface area contributed by atoms with E-state index in [1.54, 1.807) is 11.9 Å². The number of hydrogen-bond donors (Lipinski definition) is 1. The third kappa shape index (κ3) is 3.30. The van der Waals surface area contributed by atoms with Crippen LogP contribution < -0.4 is 10.2 Å². The molecule has 5 heteroatoms. The molecule has 2 fully saturated rings. The first-order valence-electron chi connectivity index (χ1n) is 7.97. The molecule has 0 saturated carbocycles. The van der Waals surface area contributed by atoms with Crippen LogP contribution in [0.4, 0.5) is 5.69 Å². The highest BCUT2D eigenvalue weighted by atomic mass is 16.2. The summed E-state index contributed by atoms with van der Waals surface area (Å²) in [5.74, 6) is 0.713. The lowest BCUT2D eigenvalue weighted by Crippen LogP contribution is -2.52. The average Bonchev–Trinajstić information content (AvgIpc) is 2.53. The van der Waals surface area contributed by atoms with Crippen molar-refractivity contribution in [2.45, 2.75) is 19.3 Å². The molecule has 1 N–H and O–H groups in total. The third-order valence-electron chi connectivity index (χ3n) is 4.62. The quantitative estimate of drug-likeness (QED) is 0.907. The second-order valence-electron chi connectivity index (χ2n) is 6.29. The molecule has 0 aliphatic carbocycles. The second-order valence-corrected chi connectivity index (χ2v) is 6.29. The molecule has 3 rings (SSSR count). The molecule has 5 nitrogen and oxygen atoms in total. The summed E-state index contributed by atoms with van der Waals surface area (Å²) in [6, 6.07) is 8.11. The van der Waals surface area contributed by atoms with E-state index in [1.165, 1.54) is 23.3 Å². The molecule has 1 aromatic carbocycles. The van der Waals surface area contributed by atoms with Crippen LogP contribution in [-0.2, 0) is 16.0 Å². The number of benzene rings is 1. The Morgan fingerprint density at radius 2 is 1.73 bits per heavy atom. The van der Waals surface area contributed by atoms with Gasteiger partial charge in [0, 0.05) is 12.7 Å². The van der Waals surface area contributed by atoms with Gasteiger partial charge in [0.2, 0.25) is 11.8 Å². The van der Waals surface area contributed by atoms with Gasteiger partial charge in [-0.25, -0.2) is 0 Å². The van der Waals surface area contributed by atoms with Gasteiger partial charge in [0.05, 0.1) is 6.54 Å². The van der Waals surface area contributed by atoms with Crippen molar-refractivity contribution in [1.29, 1.82) is 0 Å². The van der Waals surface area contributed by atoms with Crippen molar-refractivity contribution < 1.29 is 9.59 Å². The summed E-state index contributed by atoms with van der Waals surface area (Å²) in [5, 5.41) is 3.39. The molecule has 0 unspecified atom stereocenters. The fourth-order valence-electron chi connectivity index (χ4n) is 3.19. The number of hydrogen-bond acceptors (Lipinski definition) is 3. The summed E-state index contributed by atoms with van der Waals surface area (Å²) in [5.41, 5.74) is 2.13. The second kappa shape index (κ2) is 6.48. The Morgan fingerprint density at radius 3 is 2.41 bits per heavy atom. The zero-order valence-corrected chi connectivity index (χ0v) is 13.0. The van der Waals surface area contributed by atoms with Crippen molar-refractivity contribution >= 4 is 17.5 Å². The topological polar surface area (TPSA) is 52.7 Å². The summed E-state index contributed by atoms with van der Waals surface area (Å²) in [7, 11) is 1.67. The van der Waals surface area contributed by atoms with E-state index >= 15 is 0 Å². The minimum Gasteiger partial charge on any atom is -0.335 e. The Kier molecular flexibility index (Phi) is 4.43. The number of carbonyl (C=O) groups excluding carboxylic acids is 2. The minimum atomic E-state index is -0.0202. The van der Waals surface area contributed by atoms with Gasteiger partial charge in [0.15, 0.2) is 0 Å². The molecule has 2 amide bonds. The number of nitrogens with one attached hydrogen (secondary N) is 1. The highest BCUT2D eigenvalue weighted by molar-refractivity contribution is 6.04. The maximum absolute atomic E-state index is 12.1. The molecule has 118 valence electrons. The number of nitrogens with zero attached hydrogens (tertiary/aromatic N) is 2. The smallest absolute Gasteiger partial charge is 0.247 e. The van der Waals surface area contributed by atoms with Crippen molar-refractivity contribution in [1.82, 2.24) is 10.2 Å². The van der Waals surface area contributed by atoms with Gasteiger partial charge in [-0.15, -0.1) is 0 Å². The lowest BCUT2D eigenvalue weighted by molar-refractivity contribution is -0.136. The SMILES string of the molecule is CN1CC(=O)N(c2ccc(CC3CCNCC3)cc2)CC1=O. The number of carbonyl (C=O) groups is 2. The van der Waals surface area contributed by atoms with Crippen molar-refractivity contribution in [2.75, 3.05) is 38.1 Å². The van der Waals surface area contributed by atoms with Crippen LogP contribution in [0.25, 0.3) is 0 Å². The molecule has 2 aliphatic rings. The Morgan fingerprint density at radius 1 is 1.05 bits per heavy atom. The van der Waals surface area contributed by atoms with E-state index in [1.807, 2.05) is 12.1 Å². The first kappa shape index (κ1) is 15.0. The maximum Gasteiger partial charge on any atom is 0.247 e. The highest BCUT2D eigenvalue weighted by Crippen LogP contribution is 2.22. The van der Waals surface area contributed by atoms with Crippen LogP contribution in [0.15, 0.2) is 24.3 Å². The summed E-state index contributed by atoms with van der Waals surface area (Å²) in [4.78, 5) is 26.9. The van der Waals surface area contributed by atoms with Crippen LogP contribution >= 0.6 is 0 Å². The van der Waals surface area contributed by atoms with E-state index in [4.69, 9.17) is 0 Å². The average molecular weight is 301 g/mol. The number of amides is 2. The molecule has 2 aliphatic heterocycles. The van der Waals surface area contributed by atoms with Crippen LogP contribution in [0.3, 0.4) is 0 Å². The predicted molar refractivity (Wildman–Crippen MR) is 85.7 cm³/mol. The fourth-order valence-corrected chi connectivity index (χ4v) is 3.19. The lowest BCUT2D eigenvalue weighted by Gasteiger charge is -2.31. The summed E-state index contributed by atoms with van der Waals surface area (Å²) in [6.45, 7) is 2.53. The summed E-state index contributed by atoms with van der Waals surface area (Å²) < 4.78 is 0. The number of anilines is 1. The first-order chi connectivity index (χ1) is 10.6. The van der Waals surface area contributed by atoms with Crippen molar-refractivity contribution in [3.05, 3.63) is 29.8 Å². The zero-order chi connectivity index (χ0) is 15.5. The van der Waals surface area contributed by atoms with Crippen LogP contribution in [0.5, 0.6) is 0 Å². The van der Waals surface area contributed by atoms with Gasteiger partial charge in [-0.1, -0.05) is 12.1 Å². The molecule has 0 bridgehead atoms. The van der Waals surface area contributed by atoms with Gasteiger partial charge < -0.3 is 15.1 Å². The molecule has 0 radical (unpaired) electrons. The van der Waals surface area contributed by atoms with Gasteiger partial charge in [0.25, 0.3) is 0 Å². The van der Waals surface area contributed by atoms with Gasteiger partial charge in [-0.05, 0) is 56.0 Å². The van der Waals surface area contributed by atoms with Gasteiger partial charge in [0.1, 0.15) is 6.54 Å². The third-order valence-corrected chi connectivity index (χ3v) is 4.62. The zero-order valence-electron chi connectivity index (χ0n) is 13.0. The maximum atomic E-state index is 12.1. The van der Waals surface area contributed by atoms with Crippen LogP contribution in [0.2, 0.25) is 0 Å². The van der Waals surface area contributed by atoms with Crippen LogP contribution in [-0.4, -0.2) is 49.9 Å². The summed E-state index contributed by atoms with van der Waals surface area (Å²) >= 11 is 0. The van der Waals surface area contributed by atoms with E-state index in [-0.39, 0.29) is 24.9 Å². The number of rotatable bonds is 3. The van der Waals surface area contributed by atoms with Crippen molar-refractivity contribution in [3.8, 4) is 0 Å². The minimum absolute atomic E-state index is 0.0154. The van der Waals surface area contributed by atoms with E-state index in [2.05, 4.69) is 17.4 Å². The standard InChI is InChI=1S/C17H23N3O2/c1-19-11-17(22)20(12-16(19)21)15-4-2-13(3-5-15)10-14-6-8-18-9-7-14/h2-5,14,18H,6-12H2,1H3. The van der Waals surface area contributed by atoms with Crippen molar-refractivity contribution in [3.63, 3.8) is 0 Å². The molecule has 0 atom stereocenters. The normalized spacial score (nSPS) is 20.6. The van der Waals surface area contributed by atoms with E-state index < -0.39 is 0 Å². The molecule has 0 spiro atoms. The molecule has 22 heavy (non-hydrogen) atoms. The summed E-state index contributed by atoms with van der Waals surface area (Å²) in [6.07, 6.45) is 3.55. The molecule has 2 saturated heterocycles. The van der Waals surface area contributed by atoms with Gasteiger partial charge in [-0.2, -0.15) is 0 Å². The van der Waals surface area contributed by atoms with E-state index in [9.17, 15) is 9.59 Å². The Balaban J connectivity index is 1.65. The van der Waals surface area contributed by atoms with E-state index in [0.717, 1.165) is 31.1 Å². The number of piperidine rings is 1.